The summed E-state index contributed by atoms with van der Waals surface area (Å²) in [7, 11) is 0. The van der Waals surface area contributed by atoms with Crippen LogP contribution in [0.4, 0.5) is 0 Å². The molecule has 1 saturated carbocycles. The maximum absolute atomic E-state index is 11.8. The number of nitrogens with one attached hydrogen (secondary N) is 1. The van der Waals surface area contributed by atoms with Crippen LogP contribution < -0.4 is 5.32 Å². The van der Waals surface area contributed by atoms with E-state index in [4.69, 9.17) is 0 Å². The van der Waals surface area contributed by atoms with Crippen molar-refractivity contribution < 1.29 is 4.79 Å². The van der Waals surface area contributed by atoms with Crippen molar-refractivity contribution in [2.45, 2.75) is 45.6 Å². The smallest absolute Gasteiger partial charge is 0.223 e. The van der Waals surface area contributed by atoms with Gasteiger partial charge in [-0.15, -0.1) is 0 Å². The Morgan fingerprint density at radius 3 is 2.65 bits per heavy atom. The van der Waals surface area contributed by atoms with Crippen LogP contribution in [0.15, 0.2) is 24.3 Å². The molecule has 0 heterocycles. The molecule has 2 rings (SSSR count). The van der Waals surface area contributed by atoms with Crippen molar-refractivity contribution in [3.05, 3.63) is 35.4 Å². The standard InChI is InChI=1S/C15H21NO/c1-11(2)14-9-4-3-6-13(14)10-16-15(17)12-7-5-8-12/h3-4,6,9,11-12H,5,7-8,10H2,1-2H3,(H,16,17). The van der Waals surface area contributed by atoms with Crippen LogP contribution in [0.3, 0.4) is 0 Å². The van der Waals surface area contributed by atoms with Gasteiger partial charge in [-0.1, -0.05) is 44.5 Å². The Morgan fingerprint density at radius 2 is 2.06 bits per heavy atom. The average Bonchev–Trinajstić information content (AvgIpc) is 2.24. The van der Waals surface area contributed by atoms with E-state index < -0.39 is 0 Å². The molecule has 0 unspecified atom stereocenters. The highest BCUT2D eigenvalue weighted by Crippen LogP contribution is 2.26. The molecule has 0 atom stereocenters. The van der Waals surface area contributed by atoms with E-state index in [1.165, 1.54) is 17.5 Å². The fraction of sp³-hybridized carbons (Fsp3) is 0.533. The molecule has 0 aliphatic heterocycles. The molecule has 1 aromatic carbocycles. The van der Waals surface area contributed by atoms with Gasteiger partial charge in [-0.3, -0.25) is 4.79 Å². The molecular weight excluding hydrogens is 210 g/mol. The minimum Gasteiger partial charge on any atom is -0.352 e. The second-order valence-corrected chi connectivity index (χ2v) is 5.20. The molecule has 2 nitrogen and oxygen atoms in total. The Balaban J connectivity index is 1.96. The summed E-state index contributed by atoms with van der Waals surface area (Å²) >= 11 is 0. The molecule has 0 radical (unpaired) electrons. The molecule has 0 bridgehead atoms. The van der Waals surface area contributed by atoms with Crippen LogP contribution in [0.5, 0.6) is 0 Å². The quantitative estimate of drug-likeness (QED) is 0.847. The summed E-state index contributed by atoms with van der Waals surface area (Å²) in [5.41, 5.74) is 2.58. The van der Waals surface area contributed by atoms with Gasteiger partial charge >= 0.3 is 0 Å². The summed E-state index contributed by atoms with van der Waals surface area (Å²) in [5.74, 6) is 1.02. The third-order valence-corrected chi connectivity index (χ3v) is 3.61. The maximum atomic E-state index is 11.8. The van der Waals surface area contributed by atoms with Crippen molar-refractivity contribution in [1.29, 1.82) is 0 Å². The molecule has 1 aliphatic carbocycles. The highest BCUT2D eigenvalue weighted by molar-refractivity contribution is 5.79. The number of amides is 1. The van der Waals surface area contributed by atoms with Gasteiger partial charge in [0.15, 0.2) is 0 Å². The number of hydrogen-bond acceptors (Lipinski definition) is 1. The third kappa shape index (κ3) is 2.87. The Morgan fingerprint density at radius 1 is 1.35 bits per heavy atom. The van der Waals surface area contributed by atoms with Crippen molar-refractivity contribution >= 4 is 5.91 Å². The molecule has 0 spiro atoms. The normalized spacial score (nSPS) is 15.7. The van der Waals surface area contributed by atoms with E-state index in [9.17, 15) is 4.79 Å². The first-order chi connectivity index (χ1) is 8.18. The number of carbonyl (C=O) groups is 1. The topological polar surface area (TPSA) is 29.1 Å². The molecule has 0 saturated heterocycles. The SMILES string of the molecule is CC(C)c1ccccc1CNC(=O)C1CCC1. The van der Waals surface area contributed by atoms with Gasteiger partial charge in [0.05, 0.1) is 0 Å². The van der Waals surface area contributed by atoms with Crippen molar-refractivity contribution in [1.82, 2.24) is 5.32 Å². The summed E-state index contributed by atoms with van der Waals surface area (Å²) in [6.45, 7) is 5.04. The van der Waals surface area contributed by atoms with E-state index in [1.807, 2.05) is 6.07 Å². The Labute approximate surface area is 103 Å². The van der Waals surface area contributed by atoms with Gasteiger partial charge in [0.1, 0.15) is 0 Å². The maximum Gasteiger partial charge on any atom is 0.223 e. The second-order valence-electron chi connectivity index (χ2n) is 5.20. The Hall–Kier alpha value is -1.31. The molecule has 0 aromatic heterocycles. The predicted octanol–water partition coefficient (Wildman–Crippen LogP) is 3.23. The zero-order chi connectivity index (χ0) is 12.3. The average molecular weight is 231 g/mol. The van der Waals surface area contributed by atoms with Crippen molar-refractivity contribution in [2.24, 2.45) is 5.92 Å². The molecule has 1 N–H and O–H groups in total. The lowest BCUT2D eigenvalue weighted by Gasteiger charge is -2.24. The van der Waals surface area contributed by atoms with Gasteiger partial charge in [0, 0.05) is 12.5 Å². The summed E-state index contributed by atoms with van der Waals surface area (Å²) in [4.78, 5) is 11.8. The molecule has 17 heavy (non-hydrogen) atoms. The van der Waals surface area contributed by atoms with E-state index in [0.717, 1.165) is 12.8 Å². The minimum atomic E-state index is 0.231. The molecule has 1 aromatic rings. The van der Waals surface area contributed by atoms with Gasteiger partial charge in [0.25, 0.3) is 0 Å². The van der Waals surface area contributed by atoms with E-state index in [1.54, 1.807) is 0 Å². The molecule has 1 amide bonds. The van der Waals surface area contributed by atoms with Gasteiger partial charge in [-0.05, 0) is 29.9 Å². The highest BCUT2D eigenvalue weighted by atomic mass is 16.1. The number of rotatable bonds is 4. The van der Waals surface area contributed by atoms with Crippen LogP contribution in [0.1, 0.15) is 50.2 Å². The lowest BCUT2D eigenvalue weighted by molar-refractivity contribution is -0.127. The number of benzene rings is 1. The fourth-order valence-electron chi connectivity index (χ4n) is 2.26. The summed E-state index contributed by atoms with van der Waals surface area (Å²) in [6.07, 6.45) is 3.34. The predicted molar refractivity (Wildman–Crippen MR) is 69.7 cm³/mol. The van der Waals surface area contributed by atoms with Crippen LogP contribution in [-0.4, -0.2) is 5.91 Å². The first-order valence-corrected chi connectivity index (χ1v) is 6.54. The van der Waals surface area contributed by atoms with Crippen LogP contribution >= 0.6 is 0 Å². The first kappa shape index (κ1) is 12.2. The molecule has 1 aliphatic rings. The first-order valence-electron chi connectivity index (χ1n) is 6.54. The zero-order valence-electron chi connectivity index (χ0n) is 10.7. The van der Waals surface area contributed by atoms with Crippen molar-refractivity contribution in [2.75, 3.05) is 0 Å². The molecule has 2 heteroatoms. The summed E-state index contributed by atoms with van der Waals surface area (Å²) in [5, 5.41) is 3.06. The van der Waals surface area contributed by atoms with E-state index in [0.29, 0.717) is 12.5 Å². The van der Waals surface area contributed by atoms with Crippen LogP contribution in [-0.2, 0) is 11.3 Å². The second kappa shape index (κ2) is 5.35. The molecule has 1 fully saturated rings. The van der Waals surface area contributed by atoms with Gasteiger partial charge in [-0.25, -0.2) is 0 Å². The molecule has 92 valence electrons. The van der Waals surface area contributed by atoms with Gasteiger partial charge < -0.3 is 5.32 Å². The Kier molecular flexibility index (Phi) is 3.82. The lowest BCUT2D eigenvalue weighted by atomic mass is 9.85. The minimum absolute atomic E-state index is 0.231. The van der Waals surface area contributed by atoms with Crippen molar-refractivity contribution in [3.63, 3.8) is 0 Å². The summed E-state index contributed by atoms with van der Waals surface area (Å²) in [6, 6.07) is 8.36. The molecular formula is C15H21NO. The van der Waals surface area contributed by atoms with E-state index >= 15 is 0 Å². The third-order valence-electron chi connectivity index (χ3n) is 3.61. The van der Waals surface area contributed by atoms with Crippen LogP contribution in [0, 0.1) is 5.92 Å². The lowest BCUT2D eigenvalue weighted by Crippen LogP contribution is -2.34. The van der Waals surface area contributed by atoms with Gasteiger partial charge in [0.2, 0.25) is 5.91 Å². The zero-order valence-corrected chi connectivity index (χ0v) is 10.7. The fourth-order valence-corrected chi connectivity index (χ4v) is 2.26. The number of carbonyl (C=O) groups excluding carboxylic acids is 1. The van der Waals surface area contributed by atoms with Crippen molar-refractivity contribution in [3.8, 4) is 0 Å². The van der Waals surface area contributed by atoms with E-state index in [2.05, 4.69) is 37.4 Å². The number of hydrogen-bond donors (Lipinski definition) is 1. The van der Waals surface area contributed by atoms with Crippen LogP contribution in [0.2, 0.25) is 0 Å². The highest BCUT2D eigenvalue weighted by Gasteiger charge is 2.24. The Bertz CT molecular complexity index is 394. The van der Waals surface area contributed by atoms with Crippen LogP contribution in [0.25, 0.3) is 0 Å². The van der Waals surface area contributed by atoms with Gasteiger partial charge in [-0.2, -0.15) is 0 Å². The summed E-state index contributed by atoms with van der Waals surface area (Å²) < 4.78 is 0. The monoisotopic (exact) mass is 231 g/mol. The van der Waals surface area contributed by atoms with E-state index in [-0.39, 0.29) is 11.8 Å². The largest absolute Gasteiger partial charge is 0.352 e.